The van der Waals surface area contributed by atoms with Gasteiger partial charge >= 0.3 is 6.03 Å². The highest BCUT2D eigenvalue weighted by molar-refractivity contribution is 5.75. The van der Waals surface area contributed by atoms with E-state index in [1.807, 2.05) is 13.8 Å². The zero-order valence-electron chi connectivity index (χ0n) is 14.7. The van der Waals surface area contributed by atoms with Crippen LogP contribution in [0.25, 0.3) is 0 Å². The molecule has 6 heteroatoms. The van der Waals surface area contributed by atoms with E-state index in [9.17, 15) is 4.79 Å². The summed E-state index contributed by atoms with van der Waals surface area (Å²) in [5.74, 6) is 0. The van der Waals surface area contributed by atoms with Gasteiger partial charge in [-0.2, -0.15) is 0 Å². The van der Waals surface area contributed by atoms with Crippen LogP contribution in [0.2, 0.25) is 0 Å². The van der Waals surface area contributed by atoms with Crippen LogP contribution >= 0.6 is 0 Å². The Hall–Kier alpha value is -0.850. The maximum Gasteiger partial charge on any atom is 0.315 e. The van der Waals surface area contributed by atoms with Crippen LogP contribution in [-0.4, -0.2) is 79.4 Å². The summed E-state index contributed by atoms with van der Waals surface area (Å²) in [6.07, 6.45) is 3.40. The van der Waals surface area contributed by atoms with E-state index < -0.39 is 0 Å². The first-order chi connectivity index (χ1) is 10.4. The maximum atomic E-state index is 12.1. The molecule has 0 saturated carbocycles. The molecule has 1 saturated heterocycles. The molecule has 1 atom stereocenters. The molecule has 0 radical (unpaired) electrons. The van der Waals surface area contributed by atoms with Crippen LogP contribution in [0.1, 0.15) is 39.5 Å². The molecule has 1 aliphatic heterocycles. The Morgan fingerprint density at radius 3 is 2.50 bits per heavy atom. The number of nitrogens with one attached hydrogen (secondary N) is 2. The Morgan fingerprint density at radius 1 is 1.36 bits per heavy atom. The number of rotatable bonds is 8. The minimum Gasteiger partial charge on any atom is -0.396 e. The molecular formula is C16H34N4O2. The number of carbonyl (C=O) groups is 1. The molecule has 2 amide bonds. The van der Waals surface area contributed by atoms with Gasteiger partial charge in [-0.25, -0.2) is 4.79 Å². The number of likely N-dealkylation sites (N-methyl/N-ethyl adjacent to an activating group) is 1. The Kier molecular flexibility index (Phi) is 8.14. The van der Waals surface area contributed by atoms with Gasteiger partial charge in [-0.15, -0.1) is 0 Å². The van der Waals surface area contributed by atoms with Gasteiger partial charge in [0.25, 0.3) is 0 Å². The largest absolute Gasteiger partial charge is 0.396 e. The second-order valence-corrected chi connectivity index (χ2v) is 6.91. The molecule has 0 bridgehead atoms. The summed E-state index contributed by atoms with van der Waals surface area (Å²) in [6, 6.07) is 0.149. The van der Waals surface area contributed by atoms with Gasteiger partial charge in [0.15, 0.2) is 0 Å². The summed E-state index contributed by atoms with van der Waals surface area (Å²) >= 11 is 0. The number of urea groups is 1. The molecule has 0 aliphatic carbocycles. The maximum absolute atomic E-state index is 12.1. The van der Waals surface area contributed by atoms with Crippen LogP contribution in [0.4, 0.5) is 4.79 Å². The monoisotopic (exact) mass is 314 g/mol. The highest BCUT2D eigenvalue weighted by Crippen LogP contribution is 2.14. The van der Waals surface area contributed by atoms with Gasteiger partial charge in [0.1, 0.15) is 0 Å². The Bertz CT molecular complexity index is 330. The molecule has 1 rings (SSSR count). The minimum absolute atomic E-state index is 0.0921. The lowest BCUT2D eigenvalue weighted by atomic mass is 9.95. The topological polar surface area (TPSA) is 67.8 Å². The Balaban J connectivity index is 2.29. The average Bonchev–Trinajstić information content (AvgIpc) is 2.46. The third-order valence-corrected chi connectivity index (χ3v) is 4.65. The zero-order chi connectivity index (χ0) is 16.6. The predicted molar refractivity (Wildman–Crippen MR) is 90.1 cm³/mol. The van der Waals surface area contributed by atoms with Crippen molar-refractivity contribution in [3.05, 3.63) is 0 Å². The predicted octanol–water partition coefficient (Wildman–Crippen LogP) is 0.863. The van der Waals surface area contributed by atoms with Gasteiger partial charge < -0.3 is 25.5 Å². The lowest BCUT2D eigenvalue weighted by molar-refractivity contribution is 0.173. The normalized spacial score (nSPS) is 19.9. The van der Waals surface area contributed by atoms with E-state index in [1.165, 1.54) is 0 Å². The third kappa shape index (κ3) is 6.94. The molecule has 0 aromatic carbocycles. The van der Waals surface area contributed by atoms with Gasteiger partial charge in [-0.1, -0.05) is 6.92 Å². The van der Waals surface area contributed by atoms with Crippen molar-refractivity contribution in [2.75, 3.05) is 46.9 Å². The van der Waals surface area contributed by atoms with Crippen molar-refractivity contribution in [2.45, 2.75) is 51.1 Å². The number of piperidine rings is 1. The summed E-state index contributed by atoms with van der Waals surface area (Å²) in [7, 11) is 4.19. The number of carbonyl (C=O) groups excluding carboxylic acids is 1. The van der Waals surface area contributed by atoms with E-state index in [0.29, 0.717) is 6.42 Å². The van der Waals surface area contributed by atoms with E-state index in [-0.39, 0.29) is 24.2 Å². The first kappa shape index (κ1) is 19.2. The number of hydrogen-bond acceptors (Lipinski definition) is 4. The number of aliphatic hydroxyl groups excluding tert-OH is 1. The van der Waals surface area contributed by atoms with Crippen molar-refractivity contribution in [1.29, 1.82) is 0 Å². The number of nitrogens with zero attached hydrogens (tertiary/aromatic N) is 2. The fraction of sp³-hybridized carbons (Fsp3) is 0.938. The highest BCUT2D eigenvalue weighted by Gasteiger charge is 2.26. The lowest BCUT2D eigenvalue weighted by Crippen LogP contribution is -2.54. The van der Waals surface area contributed by atoms with Crippen molar-refractivity contribution >= 4 is 6.03 Å². The van der Waals surface area contributed by atoms with E-state index in [0.717, 1.165) is 45.4 Å². The minimum atomic E-state index is -0.328. The van der Waals surface area contributed by atoms with E-state index in [4.69, 9.17) is 5.11 Å². The zero-order valence-corrected chi connectivity index (χ0v) is 14.7. The summed E-state index contributed by atoms with van der Waals surface area (Å²) < 4.78 is 0. The molecule has 1 aliphatic rings. The molecule has 0 aromatic rings. The van der Waals surface area contributed by atoms with Crippen LogP contribution in [0, 0.1) is 0 Å². The van der Waals surface area contributed by atoms with Crippen molar-refractivity contribution in [2.24, 2.45) is 0 Å². The van der Waals surface area contributed by atoms with Crippen molar-refractivity contribution in [3.8, 4) is 0 Å². The number of likely N-dealkylation sites (tertiary alicyclic amines) is 1. The number of hydrogen-bond donors (Lipinski definition) is 3. The summed E-state index contributed by atoms with van der Waals surface area (Å²) in [5, 5.41) is 15.2. The van der Waals surface area contributed by atoms with Crippen LogP contribution in [0.15, 0.2) is 0 Å². The second kappa shape index (κ2) is 9.33. The van der Waals surface area contributed by atoms with Crippen molar-refractivity contribution < 1.29 is 9.90 Å². The number of aliphatic hydroxyl groups is 1. The molecule has 1 fully saturated rings. The van der Waals surface area contributed by atoms with Crippen LogP contribution in [-0.2, 0) is 0 Å². The molecule has 1 heterocycles. The van der Waals surface area contributed by atoms with Crippen LogP contribution < -0.4 is 10.6 Å². The second-order valence-electron chi connectivity index (χ2n) is 6.91. The summed E-state index contributed by atoms with van der Waals surface area (Å²) in [5.41, 5.74) is -0.328. The Labute approximate surface area is 135 Å². The van der Waals surface area contributed by atoms with Gasteiger partial charge in [0.05, 0.1) is 0 Å². The fourth-order valence-corrected chi connectivity index (χ4v) is 2.71. The quantitative estimate of drug-likeness (QED) is 0.622. The van der Waals surface area contributed by atoms with Gasteiger partial charge in [0, 0.05) is 44.4 Å². The first-order valence-electron chi connectivity index (χ1n) is 8.45. The van der Waals surface area contributed by atoms with Gasteiger partial charge in [-0.3, -0.25) is 0 Å². The number of amides is 2. The average molecular weight is 314 g/mol. The molecular weight excluding hydrogens is 280 g/mol. The van der Waals surface area contributed by atoms with Crippen LogP contribution in [0.5, 0.6) is 0 Å². The van der Waals surface area contributed by atoms with Gasteiger partial charge in [-0.05, 0) is 46.7 Å². The molecule has 3 N–H and O–H groups in total. The SMILES string of the molecule is CCC(C)(CCO)NC(=O)NC1CCN(CCN(C)C)CC1. The Morgan fingerprint density at radius 2 is 2.00 bits per heavy atom. The van der Waals surface area contributed by atoms with Crippen LogP contribution in [0.3, 0.4) is 0 Å². The highest BCUT2D eigenvalue weighted by atomic mass is 16.3. The van der Waals surface area contributed by atoms with E-state index >= 15 is 0 Å². The van der Waals surface area contributed by atoms with Gasteiger partial charge in [0.2, 0.25) is 0 Å². The molecule has 6 nitrogen and oxygen atoms in total. The van der Waals surface area contributed by atoms with E-state index in [2.05, 4.69) is 34.5 Å². The molecule has 0 aromatic heterocycles. The first-order valence-corrected chi connectivity index (χ1v) is 8.45. The smallest absolute Gasteiger partial charge is 0.315 e. The third-order valence-electron chi connectivity index (χ3n) is 4.65. The summed E-state index contributed by atoms with van der Waals surface area (Å²) in [4.78, 5) is 16.8. The lowest BCUT2D eigenvalue weighted by Gasteiger charge is -2.34. The molecule has 0 spiro atoms. The standard InChI is InChI=1S/C16H34N4O2/c1-5-16(2,8-13-21)18-15(22)17-14-6-9-20(10-7-14)12-11-19(3)4/h14,21H,5-13H2,1-4H3,(H2,17,18,22). The van der Waals surface area contributed by atoms with E-state index in [1.54, 1.807) is 0 Å². The molecule has 1 unspecified atom stereocenters. The molecule has 22 heavy (non-hydrogen) atoms. The van der Waals surface area contributed by atoms with Crippen molar-refractivity contribution in [3.63, 3.8) is 0 Å². The molecule has 130 valence electrons. The summed E-state index contributed by atoms with van der Waals surface area (Å²) in [6.45, 7) is 8.35. The fourth-order valence-electron chi connectivity index (χ4n) is 2.71. The van der Waals surface area contributed by atoms with Crippen molar-refractivity contribution in [1.82, 2.24) is 20.4 Å².